The monoisotopic (exact) mass is 272 g/mol. The zero-order valence-electron chi connectivity index (χ0n) is 10.2. The minimum absolute atomic E-state index is 0.258. The molecule has 0 radical (unpaired) electrons. The Morgan fingerprint density at radius 2 is 2.21 bits per heavy atom. The standard InChI is InChI=1S/C13H12N4OS/c1-8-6-9(18)2-3-10(8)15-12-7-11(16-17-12)13-14-4-5-19-13/h2-7,18H,1H3,(H2,15,16,17). The molecule has 6 heteroatoms. The molecule has 2 aromatic heterocycles. The average molecular weight is 272 g/mol. The van der Waals surface area contributed by atoms with E-state index in [1.165, 1.54) is 0 Å². The Kier molecular flexibility index (Phi) is 2.92. The molecule has 96 valence electrons. The number of aryl methyl sites for hydroxylation is 1. The van der Waals surface area contributed by atoms with E-state index >= 15 is 0 Å². The van der Waals surface area contributed by atoms with Gasteiger partial charge in [0.2, 0.25) is 0 Å². The highest BCUT2D eigenvalue weighted by atomic mass is 32.1. The second kappa shape index (κ2) is 4.74. The summed E-state index contributed by atoms with van der Waals surface area (Å²) in [5.74, 6) is 0.979. The van der Waals surface area contributed by atoms with Crippen LogP contribution in [0.2, 0.25) is 0 Å². The van der Waals surface area contributed by atoms with Crippen LogP contribution in [0.15, 0.2) is 35.8 Å². The number of nitrogens with zero attached hydrogens (tertiary/aromatic N) is 2. The zero-order valence-corrected chi connectivity index (χ0v) is 11.0. The maximum atomic E-state index is 9.38. The molecule has 0 unspecified atom stereocenters. The summed E-state index contributed by atoms with van der Waals surface area (Å²) in [5.41, 5.74) is 2.75. The maximum Gasteiger partial charge on any atom is 0.152 e. The van der Waals surface area contributed by atoms with E-state index in [1.54, 1.807) is 29.7 Å². The molecule has 0 saturated heterocycles. The lowest BCUT2D eigenvalue weighted by Gasteiger charge is -2.06. The molecule has 0 aliphatic heterocycles. The molecule has 3 N–H and O–H groups in total. The number of aromatic nitrogens is 3. The van der Waals surface area contributed by atoms with Crippen LogP contribution in [0.3, 0.4) is 0 Å². The van der Waals surface area contributed by atoms with E-state index in [2.05, 4.69) is 20.5 Å². The van der Waals surface area contributed by atoms with Crippen molar-refractivity contribution >= 4 is 22.8 Å². The van der Waals surface area contributed by atoms with Crippen molar-refractivity contribution in [2.75, 3.05) is 5.32 Å². The first kappa shape index (κ1) is 11.7. The molecule has 0 fully saturated rings. The van der Waals surface area contributed by atoms with Crippen molar-refractivity contribution < 1.29 is 5.11 Å². The summed E-state index contributed by atoms with van der Waals surface area (Å²) >= 11 is 1.56. The summed E-state index contributed by atoms with van der Waals surface area (Å²) in [6, 6.07) is 7.08. The van der Waals surface area contributed by atoms with Crippen LogP contribution < -0.4 is 5.32 Å². The van der Waals surface area contributed by atoms with E-state index in [-0.39, 0.29) is 5.75 Å². The highest BCUT2D eigenvalue weighted by Gasteiger charge is 2.07. The average Bonchev–Trinajstić information content (AvgIpc) is 3.03. The number of nitrogens with one attached hydrogen (secondary N) is 2. The molecule has 5 nitrogen and oxygen atoms in total. The first-order valence-corrected chi connectivity index (χ1v) is 6.62. The maximum absolute atomic E-state index is 9.38. The quantitative estimate of drug-likeness (QED) is 0.640. The molecule has 3 rings (SSSR count). The number of aromatic amines is 1. The summed E-state index contributed by atoms with van der Waals surface area (Å²) < 4.78 is 0. The van der Waals surface area contributed by atoms with Gasteiger partial charge in [-0.2, -0.15) is 5.10 Å². The van der Waals surface area contributed by atoms with Crippen molar-refractivity contribution in [1.82, 2.24) is 15.2 Å². The van der Waals surface area contributed by atoms with Crippen molar-refractivity contribution in [3.05, 3.63) is 41.4 Å². The summed E-state index contributed by atoms with van der Waals surface area (Å²) in [5, 5.41) is 22.6. The molecule has 0 aliphatic carbocycles. The molecule has 0 spiro atoms. The van der Waals surface area contributed by atoms with Gasteiger partial charge >= 0.3 is 0 Å². The van der Waals surface area contributed by atoms with Gasteiger partial charge in [0, 0.05) is 23.3 Å². The molecule has 2 heterocycles. The molecular formula is C13H12N4OS. The predicted octanol–water partition coefficient (Wildman–Crippen LogP) is 3.29. The minimum Gasteiger partial charge on any atom is -0.508 e. The van der Waals surface area contributed by atoms with Crippen molar-refractivity contribution in [2.24, 2.45) is 0 Å². The second-order valence-corrected chi connectivity index (χ2v) is 5.02. The van der Waals surface area contributed by atoms with Gasteiger partial charge in [-0.15, -0.1) is 11.3 Å². The fourth-order valence-electron chi connectivity index (χ4n) is 1.78. The molecular weight excluding hydrogens is 260 g/mol. The minimum atomic E-state index is 0.258. The first-order valence-electron chi connectivity index (χ1n) is 5.74. The number of anilines is 2. The fraction of sp³-hybridized carbons (Fsp3) is 0.0769. The van der Waals surface area contributed by atoms with Crippen LogP contribution in [0.1, 0.15) is 5.56 Å². The number of aromatic hydroxyl groups is 1. The molecule has 19 heavy (non-hydrogen) atoms. The molecule has 0 saturated carbocycles. The van der Waals surface area contributed by atoms with E-state index in [1.807, 2.05) is 24.4 Å². The Balaban J connectivity index is 1.84. The highest BCUT2D eigenvalue weighted by Crippen LogP contribution is 2.26. The first-order chi connectivity index (χ1) is 9.22. The third-order valence-corrected chi connectivity index (χ3v) is 3.52. The van der Waals surface area contributed by atoms with Gasteiger partial charge in [0.15, 0.2) is 5.82 Å². The van der Waals surface area contributed by atoms with E-state index in [0.717, 1.165) is 27.8 Å². The summed E-state index contributed by atoms with van der Waals surface area (Å²) in [6.07, 6.45) is 1.76. The van der Waals surface area contributed by atoms with Crippen LogP contribution >= 0.6 is 11.3 Å². The second-order valence-electron chi connectivity index (χ2n) is 4.13. The smallest absolute Gasteiger partial charge is 0.152 e. The number of hydrogen-bond donors (Lipinski definition) is 3. The van der Waals surface area contributed by atoms with Crippen molar-refractivity contribution in [1.29, 1.82) is 0 Å². The zero-order chi connectivity index (χ0) is 13.2. The number of phenols is 1. The molecule has 0 amide bonds. The number of hydrogen-bond acceptors (Lipinski definition) is 5. The highest BCUT2D eigenvalue weighted by molar-refractivity contribution is 7.13. The van der Waals surface area contributed by atoms with Crippen LogP contribution in [0.25, 0.3) is 10.7 Å². The topological polar surface area (TPSA) is 73.8 Å². The van der Waals surface area contributed by atoms with Gasteiger partial charge in [0.05, 0.1) is 5.69 Å². The lowest BCUT2D eigenvalue weighted by Crippen LogP contribution is -1.92. The van der Waals surface area contributed by atoms with E-state index in [0.29, 0.717) is 0 Å². The third-order valence-electron chi connectivity index (χ3n) is 2.71. The Morgan fingerprint density at radius 3 is 2.95 bits per heavy atom. The largest absolute Gasteiger partial charge is 0.508 e. The number of phenolic OH excluding ortho intramolecular Hbond substituents is 1. The summed E-state index contributed by atoms with van der Waals surface area (Å²) in [6.45, 7) is 1.93. The predicted molar refractivity (Wildman–Crippen MR) is 75.8 cm³/mol. The van der Waals surface area contributed by atoms with Gasteiger partial charge < -0.3 is 10.4 Å². The molecule has 0 atom stereocenters. The Hall–Kier alpha value is -2.34. The molecule has 3 aromatic rings. The molecule has 0 bridgehead atoms. The Bertz CT molecular complexity index is 690. The van der Waals surface area contributed by atoms with E-state index in [4.69, 9.17) is 0 Å². The summed E-state index contributed by atoms with van der Waals surface area (Å²) in [7, 11) is 0. The number of H-pyrrole nitrogens is 1. The Labute approximate surface area is 114 Å². The van der Waals surface area contributed by atoms with Gasteiger partial charge in [-0.25, -0.2) is 4.98 Å². The fourth-order valence-corrected chi connectivity index (χ4v) is 2.38. The number of thiazole rings is 1. The van der Waals surface area contributed by atoms with Gasteiger partial charge in [-0.05, 0) is 30.7 Å². The molecule has 1 aromatic carbocycles. The number of rotatable bonds is 3. The Morgan fingerprint density at radius 1 is 1.32 bits per heavy atom. The van der Waals surface area contributed by atoms with Crippen LogP contribution in [-0.4, -0.2) is 20.3 Å². The lowest BCUT2D eigenvalue weighted by molar-refractivity contribution is 0.475. The van der Waals surface area contributed by atoms with Gasteiger partial charge in [-0.3, -0.25) is 5.10 Å². The van der Waals surface area contributed by atoms with E-state index < -0.39 is 0 Å². The van der Waals surface area contributed by atoms with Crippen LogP contribution in [-0.2, 0) is 0 Å². The molecule has 0 aliphatic rings. The summed E-state index contributed by atoms with van der Waals surface area (Å²) in [4.78, 5) is 4.22. The van der Waals surface area contributed by atoms with Crippen LogP contribution in [0, 0.1) is 6.92 Å². The van der Waals surface area contributed by atoms with Crippen LogP contribution in [0.4, 0.5) is 11.5 Å². The third kappa shape index (κ3) is 2.43. The van der Waals surface area contributed by atoms with Crippen molar-refractivity contribution in [3.8, 4) is 16.5 Å². The van der Waals surface area contributed by atoms with E-state index in [9.17, 15) is 5.11 Å². The van der Waals surface area contributed by atoms with Gasteiger partial charge in [-0.1, -0.05) is 0 Å². The van der Waals surface area contributed by atoms with Crippen LogP contribution in [0.5, 0.6) is 5.75 Å². The van der Waals surface area contributed by atoms with Crippen molar-refractivity contribution in [2.45, 2.75) is 6.92 Å². The van der Waals surface area contributed by atoms with Gasteiger partial charge in [0.1, 0.15) is 10.8 Å². The normalized spacial score (nSPS) is 10.6. The van der Waals surface area contributed by atoms with Crippen molar-refractivity contribution in [3.63, 3.8) is 0 Å². The number of benzene rings is 1. The lowest BCUT2D eigenvalue weighted by atomic mass is 10.2. The SMILES string of the molecule is Cc1cc(O)ccc1Nc1cc(-c2nccs2)[nH]n1. The van der Waals surface area contributed by atoms with Gasteiger partial charge in [0.25, 0.3) is 0 Å².